The van der Waals surface area contributed by atoms with Crippen molar-refractivity contribution in [3.63, 3.8) is 0 Å². The highest BCUT2D eigenvalue weighted by Gasteiger charge is 2.28. The van der Waals surface area contributed by atoms with Crippen molar-refractivity contribution in [2.24, 2.45) is 0 Å². The van der Waals surface area contributed by atoms with Crippen molar-refractivity contribution in [2.45, 2.75) is 13.8 Å². The number of H-pyrrole nitrogens is 1. The first-order chi connectivity index (χ1) is 10.6. The number of carboxylic acid groups (broad SMARTS) is 2. The third-order valence-electron chi connectivity index (χ3n) is 3.44. The van der Waals surface area contributed by atoms with E-state index >= 15 is 0 Å². The Kier molecular flexibility index (Phi) is 3.84. The number of phenolic OH excluding ortho intramolecular Hbond substituents is 1. The van der Waals surface area contributed by atoms with Gasteiger partial charge in [0.05, 0.1) is 0 Å². The molecule has 1 aromatic carbocycles. The lowest BCUT2D eigenvalue weighted by molar-refractivity contribution is 0.0695. The van der Waals surface area contributed by atoms with E-state index in [1.165, 1.54) is 12.1 Å². The minimum atomic E-state index is -1.57. The third-order valence-corrected chi connectivity index (χ3v) is 3.44. The number of anilines is 1. The SMILES string of the molecule is Cc1cc(O)cc(C)c1-c1c(C(=O)O)c(N)[nH]c(=O)c1C(=O)O. The number of aryl methyl sites for hydroxylation is 2. The second-order valence-corrected chi connectivity index (χ2v) is 5.06. The fourth-order valence-electron chi connectivity index (χ4n) is 2.63. The highest BCUT2D eigenvalue weighted by molar-refractivity contribution is 6.08. The fourth-order valence-corrected chi connectivity index (χ4v) is 2.63. The number of carbonyl (C=O) groups is 2. The van der Waals surface area contributed by atoms with E-state index in [-0.39, 0.29) is 16.9 Å². The Morgan fingerprint density at radius 1 is 1.00 bits per heavy atom. The molecular weight excluding hydrogens is 304 g/mol. The molecule has 0 atom stereocenters. The number of aromatic amines is 1. The number of rotatable bonds is 3. The van der Waals surface area contributed by atoms with E-state index in [0.29, 0.717) is 11.1 Å². The molecular formula is C15H14N2O6. The van der Waals surface area contributed by atoms with Gasteiger partial charge >= 0.3 is 11.9 Å². The summed E-state index contributed by atoms with van der Waals surface area (Å²) in [5.74, 6) is -3.54. The maximum Gasteiger partial charge on any atom is 0.342 e. The van der Waals surface area contributed by atoms with Crippen molar-refractivity contribution < 1.29 is 24.9 Å². The molecule has 0 fully saturated rings. The molecule has 0 unspecified atom stereocenters. The number of aromatic carboxylic acids is 2. The van der Waals surface area contributed by atoms with E-state index in [2.05, 4.69) is 0 Å². The first kappa shape index (κ1) is 16.1. The minimum absolute atomic E-state index is 0.0599. The van der Waals surface area contributed by atoms with Gasteiger partial charge in [0.15, 0.2) is 0 Å². The van der Waals surface area contributed by atoms with Crippen LogP contribution in [0, 0.1) is 13.8 Å². The quantitative estimate of drug-likeness (QED) is 0.572. The van der Waals surface area contributed by atoms with Crippen LogP contribution < -0.4 is 11.3 Å². The highest BCUT2D eigenvalue weighted by Crippen LogP contribution is 2.35. The summed E-state index contributed by atoms with van der Waals surface area (Å²) in [5, 5.41) is 28.3. The van der Waals surface area contributed by atoms with E-state index in [4.69, 9.17) is 5.73 Å². The molecule has 1 heterocycles. The first-order valence-electron chi connectivity index (χ1n) is 6.48. The van der Waals surface area contributed by atoms with Crippen LogP contribution >= 0.6 is 0 Å². The van der Waals surface area contributed by atoms with Crippen molar-refractivity contribution in [2.75, 3.05) is 5.73 Å². The average molecular weight is 318 g/mol. The summed E-state index contributed by atoms with van der Waals surface area (Å²) in [4.78, 5) is 37.1. The molecule has 0 spiro atoms. The van der Waals surface area contributed by atoms with Gasteiger partial charge in [-0.15, -0.1) is 0 Å². The zero-order valence-corrected chi connectivity index (χ0v) is 12.3. The summed E-state index contributed by atoms with van der Waals surface area (Å²) in [6.45, 7) is 3.13. The number of nitrogen functional groups attached to an aromatic ring is 1. The van der Waals surface area contributed by atoms with E-state index in [9.17, 15) is 29.7 Å². The predicted octanol–water partition coefficient (Wildman–Crippen LogP) is 1.34. The molecule has 8 heteroatoms. The van der Waals surface area contributed by atoms with Crippen molar-refractivity contribution in [1.29, 1.82) is 0 Å². The molecule has 0 aliphatic rings. The Morgan fingerprint density at radius 3 is 1.91 bits per heavy atom. The number of benzene rings is 1. The molecule has 0 amide bonds. The second kappa shape index (κ2) is 5.48. The number of pyridine rings is 1. The molecule has 120 valence electrons. The third kappa shape index (κ3) is 2.61. The van der Waals surface area contributed by atoms with Gasteiger partial charge in [0.25, 0.3) is 5.56 Å². The average Bonchev–Trinajstić information content (AvgIpc) is 2.35. The Hall–Kier alpha value is -3.29. The summed E-state index contributed by atoms with van der Waals surface area (Å²) in [6, 6.07) is 2.69. The number of aromatic nitrogens is 1. The molecule has 0 bridgehead atoms. The number of phenols is 1. The lowest BCUT2D eigenvalue weighted by Crippen LogP contribution is -2.24. The Labute approximate surface area is 129 Å². The summed E-state index contributed by atoms with van der Waals surface area (Å²) >= 11 is 0. The molecule has 0 radical (unpaired) electrons. The summed E-state index contributed by atoms with van der Waals surface area (Å²) < 4.78 is 0. The van der Waals surface area contributed by atoms with Crippen LogP contribution in [0.2, 0.25) is 0 Å². The largest absolute Gasteiger partial charge is 0.508 e. The molecule has 0 saturated heterocycles. The lowest BCUT2D eigenvalue weighted by atomic mass is 9.89. The monoisotopic (exact) mass is 318 g/mol. The van der Waals surface area contributed by atoms with Crippen molar-refractivity contribution in [3.8, 4) is 16.9 Å². The van der Waals surface area contributed by atoms with Gasteiger partial charge in [0.2, 0.25) is 0 Å². The van der Waals surface area contributed by atoms with Crippen LogP contribution in [-0.2, 0) is 0 Å². The Morgan fingerprint density at radius 2 is 1.48 bits per heavy atom. The maximum absolute atomic E-state index is 12.0. The number of hydrogen-bond acceptors (Lipinski definition) is 5. The van der Waals surface area contributed by atoms with Gasteiger partial charge in [0, 0.05) is 5.56 Å². The van der Waals surface area contributed by atoms with Crippen LogP contribution in [0.5, 0.6) is 5.75 Å². The standard InChI is InChI=1S/C15H14N2O6/c1-5-3-7(18)4-6(2)8(5)9-10(14(20)21)12(16)17-13(19)11(9)15(22)23/h3-4,18H,1-2H3,(H,20,21)(H,22,23)(H3,16,17,19). The zero-order valence-electron chi connectivity index (χ0n) is 12.3. The normalized spacial score (nSPS) is 10.5. The van der Waals surface area contributed by atoms with Crippen LogP contribution in [0.1, 0.15) is 31.8 Å². The summed E-state index contributed by atoms with van der Waals surface area (Å²) in [6.07, 6.45) is 0. The first-order valence-corrected chi connectivity index (χ1v) is 6.48. The van der Waals surface area contributed by atoms with E-state index in [1.54, 1.807) is 13.8 Å². The Balaban J connectivity index is 3.10. The van der Waals surface area contributed by atoms with E-state index in [1.807, 2.05) is 4.98 Å². The number of hydrogen-bond donors (Lipinski definition) is 5. The van der Waals surface area contributed by atoms with Gasteiger partial charge < -0.3 is 26.0 Å². The molecule has 0 saturated carbocycles. The molecule has 2 aromatic rings. The van der Waals surface area contributed by atoms with Crippen LogP contribution in [0.25, 0.3) is 11.1 Å². The number of nitrogens with two attached hydrogens (primary N) is 1. The summed E-state index contributed by atoms with van der Waals surface area (Å²) in [7, 11) is 0. The fraction of sp³-hybridized carbons (Fsp3) is 0.133. The molecule has 1 aromatic heterocycles. The second-order valence-electron chi connectivity index (χ2n) is 5.06. The highest BCUT2D eigenvalue weighted by atomic mass is 16.4. The molecule has 0 aliphatic heterocycles. The topological polar surface area (TPSA) is 154 Å². The number of aromatic hydroxyl groups is 1. The summed E-state index contributed by atoms with van der Waals surface area (Å²) in [5.41, 5.74) is 4.15. The van der Waals surface area contributed by atoms with Crippen molar-refractivity contribution in [1.82, 2.24) is 4.98 Å². The van der Waals surface area contributed by atoms with Gasteiger partial charge in [-0.25, -0.2) is 9.59 Å². The molecule has 0 aliphatic carbocycles. The minimum Gasteiger partial charge on any atom is -0.508 e. The van der Waals surface area contributed by atoms with Gasteiger partial charge in [-0.2, -0.15) is 0 Å². The van der Waals surface area contributed by atoms with E-state index < -0.39 is 34.4 Å². The maximum atomic E-state index is 12.0. The van der Waals surface area contributed by atoms with Crippen LogP contribution in [0.15, 0.2) is 16.9 Å². The van der Waals surface area contributed by atoms with Crippen molar-refractivity contribution >= 4 is 17.8 Å². The van der Waals surface area contributed by atoms with Gasteiger partial charge in [0.1, 0.15) is 22.7 Å². The van der Waals surface area contributed by atoms with Crippen LogP contribution in [0.4, 0.5) is 5.82 Å². The van der Waals surface area contributed by atoms with E-state index in [0.717, 1.165) is 0 Å². The van der Waals surface area contributed by atoms with Crippen LogP contribution in [-0.4, -0.2) is 32.2 Å². The molecule has 2 rings (SSSR count). The zero-order chi connectivity index (χ0) is 17.5. The van der Waals surface area contributed by atoms with Gasteiger partial charge in [-0.05, 0) is 42.7 Å². The number of carboxylic acids is 2. The Bertz CT molecular complexity index is 875. The van der Waals surface area contributed by atoms with Crippen molar-refractivity contribution in [3.05, 3.63) is 44.7 Å². The van der Waals surface area contributed by atoms with Crippen LogP contribution in [0.3, 0.4) is 0 Å². The predicted molar refractivity (Wildman–Crippen MR) is 82.0 cm³/mol. The van der Waals surface area contributed by atoms with Gasteiger partial charge in [-0.3, -0.25) is 4.79 Å². The van der Waals surface area contributed by atoms with Gasteiger partial charge in [-0.1, -0.05) is 0 Å². The number of nitrogens with one attached hydrogen (secondary N) is 1. The molecule has 8 nitrogen and oxygen atoms in total. The smallest absolute Gasteiger partial charge is 0.342 e. The molecule has 23 heavy (non-hydrogen) atoms. The lowest BCUT2D eigenvalue weighted by Gasteiger charge is -2.16. The molecule has 6 N–H and O–H groups in total.